The molecule has 0 radical (unpaired) electrons. The Labute approximate surface area is 73.4 Å². The topological polar surface area (TPSA) is 39.2 Å². The van der Waals surface area contributed by atoms with Crippen molar-refractivity contribution in [2.45, 2.75) is 6.16 Å². The molecule has 0 saturated heterocycles. The van der Waals surface area contributed by atoms with Crippen LogP contribution in [0.3, 0.4) is 0 Å². The molecule has 0 aromatic carbocycles. The Morgan fingerprint density at radius 2 is 2.50 bits per heavy atom. The molecule has 0 bridgehead atoms. The van der Waals surface area contributed by atoms with Crippen molar-refractivity contribution in [2.24, 2.45) is 0 Å². The van der Waals surface area contributed by atoms with E-state index in [0.717, 1.165) is 11.9 Å². The minimum atomic E-state index is -0.322. The lowest BCUT2D eigenvalue weighted by atomic mass is 10.2. The van der Waals surface area contributed by atoms with Gasteiger partial charge in [-0.15, -0.1) is 9.24 Å². The first-order valence-corrected chi connectivity index (χ1v) is 4.33. The zero-order valence-electron chi connectivity index (χ0n) is 6.78. The van der Waals surface area contributed by atoms with Crippen LogP contribution in [0, 0.1) is 0 Å². The first-order chi connectivity index (χ1) is 5.77. The van der Waals surface area contributed by atoms with Crippen LogP contribution in [0.25, 0.3) is 0 Å². The van der Waals surface area contributed by atoms with Crippen molar-refractivity contribution in [3.8, 4) is 0 Å². The third kappa shape index (κ3) is 2.02. The van der Waals surface area contributed by atoms with Gasteiger partial charge in [0, 0.05) is 18.1 Å². The van der Waals surface area contributed by atoms with Gasteiger partial charge in [-0.1, -0.05) is 0 Å². The van der Waals surface area contributed by atoms with Gasteiger partial charge in [0.25, 0.3) is 0 Å². The van der Waals surface area contributed by atoms with E-state index in [2.05, 4.69) is 19.0 Å². The molecular weight excluding hydrogens is 173 g/mol. The van der Waals surface area contributed by atoms with E-state index < -0.39 is 0 Å². The second kappa shape index (κ2) is 4.17. The normalized spacial score (nSPS) is 9.50. The molecule has 0 aliphatic heterocycles. The van der Waals surface area contributed by atoms with Crippen molar-refractivity contribution in [3.05, 3.63) is 29.6 Å². The molecule has 0 amide bonds. The summed E-state index contributed by atoms with van der Waals surface area (Å²) in [4.78, 5) is 15.1. The summed E-state index contributed by atoms with van der Waals surface area (Å²) in [5, 5.41) is 0. The van der Waals surface area contributed by atoms with Crippen LogP contribution in [0.2, 0.25) is 0 Å². The Morgan fingerprint density at radius 3 is 3.08 bits per heavy atom. The quantitative estimate of drug-likeness (QED) is 0.511. The van der Waals surface area contributed by atoms with Crippen LogP contribution in [0.15, 0.2) is 18.3 Å². The summed E-state index contributed by atoms with van der Waals surface area (Å²) in [7, 11) is 3.91. The van der Waals surface area contributed by atoms with Crippen LogP contribution in [0.1, 0.15) is 16.1 Å². The number of carbonyl (C=O) groups is 1. The maximum Gasteiger partial charge on any atom is 0.337 e. The SMILES string of the molecule is COC(=O)c1ccnc(CP)c1. The fourth-order valence-corrected chi connectivity index (χ4v) is 1.06. The van der Waals surface area contributed by atoms with E-state index in [9.17, 15) is 4.79 Å². The number of pyridine rings is 1. The number of nitrogens with zero attached hydrogens (tertiary/aromatic N) is 1. The van der Waals surface area contributed by atoms with Gasteiger partial charge in [-0.3, -0.25) is 4.98 Å². The van der Waals surface area contributed by atoms with Gasteiger partial charge in [-0.25, -0.2) is 4.79 Å². The van der Waals surface area contributed by atoms with E-state index in [1.165, 1.54) is 7.11 Å². The number of aromatic nitrogens is 1. The highest BCUT2D eigenvalue weighted by Crippen LogP contribution is 2.06. The molecular formula is C8H10NO2P. The average molecular weight is 183 g/mol. The van der Waals surface area contributed by atoms with Gasteiger partial charge in [-0.2, -0.15) is 0 Å². The van der Waals surface area contributed by atoms with E-state index in [1.54, 1.807) is 18.3 Å². The molecule has 0 fully saturated rings. The molecule has 3 nitrogen and oxygen atoms in total. The highest BCUT2D eigenvalue weighted by Gasteiger charge is 2.04. The number of hydrogen-bond donors (Lipinski definition) is 0. The lowest BCUT2D eigenvalue weighted by molar-refractivity contribution is 0.0600. The van der Waals surface area contributed by atoms with Gasteiger partial charge in [0.15, 0.2) is 0 Å². The Kier molecular flexibility index (Phi) is 3.18. The predicted molar refractivity (Wildman–Crippen MR) is 49.0 cm³/mol. The zero-order valence-corrected chi connectivity index (χ0v) is 7.93. The maximum absolute atomic E-state index is 11.0. The molecule has 1 aromatic rings. The summed E-state index contributed by atoms with van der Waals surface area (Å²) in [6, 6.07) is 3.36. The molecule has 64 valence electrons. The molecule has 1 unspecified atom stereocenters. The van der Waals surface area contributed by atoms with Gasteiger partial charge in [0.05, 0.1) is 12.7 Å². The molecule has 0 saturated carbocycles. The minimum Gasteiger partial charge on any atom is -0.465 e. The van der Waals surface area contributed by atoms with Crippen molar-refractivity contribution < 1.29 is 9.53 Å². The van der Waals surface area contributed by atoms with E-state index in [0.29, 0.717) is 5.56 Å². The third-order valence-electron chi connectivity index (χ3n) is 1.45. The number of methoxy groups -OCH3 is 1. The zero-order chi connectivity index (χ0) is 8.97. The summed E-state index contributed by atoms with van der Waals surface area (Å²) >= 11 is 0. The molecule has 0 spiro atoms. The van der Waals surface area contributed by atoms with Crippen molar-refractivity contribution in [2.75, 3.05) is 7.11 Å². The molecule has 4 heteroatoms. The Morgan fingerprint density at radius 1 is 1.75 bits per heavy atom. The first kappa shape index (κ1) is 9.14. The number of carbonyl (C=O) groups excluding carboxylic acids is 1. The monoisotopic (exact) mass is 183 g/mol. The molecule has 1 atom stereocenters. The van der Waals surface area contributed by atoms with Gasteiger partial charge >= 0.3 is 5.97 Å². The Balaban J connectivity index is 2.93. The maximum atomic E-state index is 11.0. The number of esters is 1. The molecule has 1 aromatic heterocycles. The van der Waals surface area contributed by atoms with E-state index in [4.69, 9.17) is 0 Å². The van der Waals surface area contributed by atoms with Gasteiger partial charge in [0.2, 0.25) is 0 Å². The molecule has 0 aliphatic carbocycles. The lowest BCUT2D eigenvalue weighted by Crippen LogP contribution is -2.02. The fourth-order valence-electron chi connectivity index (χ4n) is 0.835. The Bertz CT molecular complexity index is 288. The number of rotatable bonds is 2. The minimum absolute atomic E-state index is 0.322. The van der Waals surface area contributed by atoms with Crippen LogP contribution in [-0.2, 0) is 10.9 Å². The average Bonchev–Trinajstić information content (AvgIpc) is 2.17. The second-order valence-electron chi connectivity index (χ2n) is 2.23. The van der Waals surface area contributed by atoms with E-state index >= 15 is 0 Å². The smallest absolute Gasteiger partial charge is 0.337 e. The van der Waals surface area contributed by atoms with Gasteiger partial charge < -0.3 is 4.74 Å². The lowest BCUT2D eigenvalue weighted by Gasteiger charge is -1.99. The van der Waals surface area contributed by atoms with Gasteiger partial charge in [-0.05, 0) is 12.1 Å². The largest absolute Gasteiger partial charge is 0.465 e. The first-order valence-electron chi connectivity index (χ1n) is 3.51. The van der Waals surface area contributed by atoms with Crippen molar-refractivity contribution >= 4 is 15.2 Å². The highest BCUT2D eigenvalue weighted by molar-refractivity contribution is 7.15. The van der Waals surface area contributed by atoms with Crippen molar-refractivity contribution in [3.63, 3.8) is 0 Å². The number of hydrogen-bond acceptors (Lipinski definition) is 3. The predicted octanol–water partition coefficient (Wildman–Crippen LogP) is 1.24. The molecule has 1 heterocycles. The van der Waals surface area contributed by atoms with Gasteiger partial charge in [0.1, 0.15) is 0 Å². The molecule has 0 aliphatic rings. The summed E-state index contributed by atoms with van der Waals surface area (Å²) < 4.78 is 4.56. The third-order valence-corrected chi connectivity index (χ3v) is 1.87. The molecule has 1 rings (SSSR count). The van der Waals surface area contributed by atoms with Crippen molar-refractivity contribution in [1.29, 1.82) is 0 Å². The van der Waals surface area contributed by atoms with Crippen LogP contribution in [-0.4, -0.2) is 18.1 Å². The summed E-state index contributed by atoms with van der Waals surface area (Å²) in [6.07, 6.45) is 2.34. The molecule has 12 heavy (non-hydrogen) atoms. The Hall–Kier alpha value is -0.950. The molecule has 0 N–H and O–H groups in total. The van der Waals surface area contributed by atoms with Crippen molar-refractivity contribution in [1.82, 2.24) is 4.98 Å². The summed E-state index contributed by atoms with van der Waals surface area (Å²) in [5.74, 6) is -0.322. The standard InChI is InChI=1S/C8H10NO2P/c1-11-8(10)6-2-3-9-7(4-6)5-12/h2-4H,5,12H2,1H3. The van der Waals surface area contributed by atoms with E-state index in [-0.39, 0.29) is 5.97 Å². The van der Waals surface area contributed by atoms with Crippen LogP contribution < -0.4 is 0 Å². The summed E-state index contributed by atoms with van der Waals surface area (Å²) in [5.41, 5.74) is 1.41. The fraction of sp³-hybridized carbons (Fsp3) is 0.250. The van der Waals surface area contributed by atoms with E-state index in [1.807, 2.05) is 0 Å². The van der Waals surface area contributed by atoms with Crippen LogP contribution >= 0.6 is 9.24 Å². The highest BCUT2D eigenvalue weighted by atomic mass is 31.0. The second-order valence-corrected chi connectivity index (χ2v) is 2.64. The van der Waals surface area contributed by atoms with Crippen LogP contribution in [0.4, 0.5) is 0 Å². The summed E-state index contributed by atoms with van der Waals surface area (Å²) in [6.45, 7) is 0. The number of ether oxygens (including phenoxy) is 1. The van der Waals surface area contributed by atoms with Crippen LogP contribution in [0.5, 0.6) is 0 Å².